The van der Waals surface area contributed by atoms with Crippen molar-refractivity contribution in [2.45, 2.75) is 123 Å². The molecule has 2 nitrogen and oxygen atoms in total. The third-order valence-corrected chi connectivity index (χ3v) is 5.76. The van der Waals surface area contributed by atoms with E-state index < -0.39 is 0 Å². The van der Waals surface area contributed by atoms with Gasteiger partial charge in [0.15, 0.2) is 0 Å². The molecule has 0 amide bonds. The number of unbranched alkanes of at least 4 members (excludes halogenated alkanes) is 14. The van der Waals surface area contributed by atoms with Gasteiger partial charge in [0, 0.05) is 12.8 Å². The fourth-order valence-electron chi connectivity index (χ4n) is 3.75. The monoisotopic (exact) mass is 402 g/mol. The van der Waals surface area contributed by atoms with E-state index in [2.05, 4.69) is 38.1 Å². The molecule has 0 fully saturated rings. The molecule has 1 aromatic carbocycles. The highest BCUT2D eigenvalue weighted by molar-refractivity contribution is 5.69. The zero-order chi connectivity index (χ0) is 21.0. The van der Waals surface area contributed by atoms with Gasteiger partial charge in [-0.25, -0.2) is 0 Å². The number of benzene rings is 1. The van der Waals surface area contributed by atoms with Crippen LogP contribution >= 0.6 is 0 Å². The summed E-state index contributed by atoms with van der Waals surface area (Å²) in [6.45, 7) is 4.87. The molecule has 166 valence electrons. The van der Waals surface area contributed by atoms with Gasteiger partial charge in [0.05, 0.1) is 6.61 Å². The smallest absolute Gasteiger partial charge is 0.305 e. The van der Waals surface area contributed by atoms with Crippen molar-refractivity contribution in [2.24, 2.45) is 0 Å². The summed E-state index contributed by atoms with van der Waals surface area (Å²) in [4.78, 5) is 11.8. The van der Waals surface area contributed by atoms with E-state index in [4.69, 9.17) is 4.74 Å². The summed E-state index contributed by atoms with van der Waals surface area (Å²) in [7, 11) is 0. The molecule has 1 rings (SSSR count). The Morgan fingerprint density at radius 3 is 1.62 bits per heavy atom. The first-order chi connectivity index (χ1) is 14.2. The van der Waals surface area contributed by atoms with E-state index in [-0.39, 0.29) is 5.97 Å². The fourth-order valence-corrected chi connectivity index (χ4v) is 3.75. The second-order valence-corrected chi connectivity index (χ2v) is 8.66. The van der Waals surface area contributed by atoms with Crippen molar-refractivity contribution in [3.05, 3.63) is 35.4 Å². The molecule has 0 heterocycles. The number of hydrogen-bond acceptors (Lipinski definition) is 2. The first-order valence-electron chi connectivity index (χ1n) is 12.4. The summed E-state index contributed by atoms with van der Waals surface area (Å²) in [5.74, 6) is -0.0354. The molecule has 0 atom stereocenters. The molecular weight excluding hydrogens is 356 g/mol. The van der Waals surface area contributed by atoms with Crippen LogP contribution in [0, 0.1) is 6.92 Å². The minimum atomic E-state index is -0.0354. The lowest BCUT2D eigenvalue weighted by Crippen LogP contribution is -2.07. The third kappa shape index (κ3) is 16.2. The van der Waals surface area contributed by atoms with Crippen molar-refractivity contribution in [2.75, 3.05) is 6.61 Å². The maximum Gasteiger partial charge on any atom is 0.305 e. The van der Waals surface area contributed by atoms with Crippen molar-refractivity contribution >= 4 is 5.97 Å². The van der Waals surface area contributed by atoms with Gasteiger partial charge in [0.1, 0.15) is 0 Å². The van der Waals surface area contributed by atoms with Crippen molar-refractivity contribution in [1.29, 1.82) is 0 Å². The molecule has 1 aromatic rings. The number of aryl methyl sites for hydroxylation is 1. The molecule has 0 unspecified atom stereocenters. The molecule has 0 bridgehead atoms. The molecular formula is C27H46O2. The highest BCUT2D eigenvalue weighted by atomic mass is 16.5. The van der Waals surface area contributed by atoms with Gasteiger partial charge in [0.25, 0.3) is 0 Å². The molecule has 0 saturated heterocycles. The van der Waals surface area contributed by atoms with Gasteiger partial charge in [-0.3, -0.25) is 4.79 Å². The van der Waals surface area contributed by atoms with Crippen LogP contribution in [-0.2, 0) is 16.0 Å². The zero-order valence-electron chi connectivity index (χ0n) is 19.4. The maximum absolute atomic E-state index is 11.8. The summed E-state index contributed by atoms with van der Waals surface area (Å²) in [5.41, 5.74) is 2.49. The van der Waals surface area contributed by atoms with E-state index in [0.29, 0.717) is 13.0 Å². The van der Waals surface area contributed by atoms with Crippen molar-refractivity contribution in [3.63, 3.8) is 0 Å². The van der Waals surface area contributed by atoms with Crippen molar-refractivity contribution in [1.82, 2.24) is 0 Å². The van der Waals surface area contributed by atoms with Crippen LogP contribution in [0.15, 0.2) is 24.3 Å². The minimum absolute atomic E-state index is 0.0354. The highest BCUT2D eigenvalue weighted by Crippen LogP contribution is 2.14. The van der Waals surface area contributed by atoms with Crippen LogP contribution in [0.2, 0.25) is 0 Å². The van der Waals surface area contributed by atoms with Gasteiger partial charge >= 0.3 is 5.97 Å². The van der Waals surface area contributed by atoms with Crippen LogP contribution < -0.4 is 0 Å². The predicted molar refractivity (Wildman–Crippen MR) is 125 cm³/mol. The van der Waals surface area contributed by atoms with Crippen LogP contribution in [0.25, 0.3) is 0 Å². The Morgan fingerprint density at radius 2 is 1.14 bits per heavy atom. The number of carbonyl (C=O) groups is 1. The van der Waals surface area contributed by atoms with Crippen LogP contribution in [0.5, 0.6) is 0 Å². The largest absolute Gasteiger partial charge is 0.465 e. The molecule has 29 heavy (non-hydrogen) atoms. The fraction of sp³-hybridized carbons (Fsp3) is 0.741. The van der Waals surface area contributed by atoms with Crippen LogP contribution in [0.1, 0.15) is 121 Å². The zero-order valence-corrected chi connectivity index (χ0v) is 19.4. The summed E-state index contributed by atoms with van der Waals surface area (Å²) in [6, 6.07) is 8.43. The van der Waals surface area contributed by atoms with E-state index in [0.717, 1.165) is 19.3 Å². The summed E-state index contributed by atoms with van der Waals surface area (Å²) < 4.78 is 5.36. The Kier molecular flexibility index (Phi) is 16.6. The van der Waals surface area contributed by atoms with Gasteiger partial charge in [-0.15, -0.1) is 0 Å². The lowest BCUT2D eigenvalue weighted by molar-refractivity contribution is -0.143. The Balaban J connectivity index is 1.79. The Labute approximate surface area is 180 Å². The average molecular weight is 403 g/mol. The Bertz CT molecular complexity index is 492. The van der Waals surface area contributed by atoms with Gasteiger partial charge in [-0.2, -0.15) is 0 Å². The van der Waals surface area contributed by atoms with Crippen molar-refractivity contribution in [3.8, 4) is 0 Å². The number of ether oxygens (including phenoxy) is 1. The minimum Gasteiger partial charge on any atom is -0.465 e. The van der Waals surface area contributed by atoms with E-state index >= 15 is 0 Å². The van der Waals surface area contributed by atoms with Gasteiger partial charge in [-0.1, -0.05) is 127 Å². The average Bonchev–Trinajstić information content (AvgIpc) is 2.72. The first kappa shape index (κ1) is 25.7. The molecule has 2 heteroatoms. The summed E-state index contributed by atoms with van der Waals surface area (Å²) in [6.07, 6.45) is 21.6. The van der Waals surface area contributed by atoms with E-state index in [1.165, 1.54) is 94.6 Å². The topological polar surface area (TPSA) is 26.3 Å². The molecule has 0 saturated carbocycles. The first-order valence-corrected chi connectivity index (χ1v) is 12.4. The number of esters is 1. The van der Waals surface area contributed by atoms with Crippen LogP contribution in [-0.4, -0.2) is 12.6 Å². The third-order valence-electron chi connectivity index (χ3n) is 5.76. The Hall–Kier alpha value is -1.31. The number of carbonyl (C=O) groups excluding carboxylic acids is 1. The summed E-state index contributed by atoms with van der Waals surface area (Å²) >= 11 is 0. The molecule has 0 aliphatic heterocycles. The summed E-state index contributed by atoms with van der Waals surface area (Å²) in [5, 5.41) is 0. The lowest BCUT2D eigenvalue weighted by atomic mass is 10.0. The van der Waals surface area contributed by atoms with Crippen molar-refractivity contribution < 1.29 is 9.53 Å². The van der Waals surface area contributed by atoms with Gasteiger partial charge in [-0.05, 0) is 18.9 Å². The molecule has 0 aromatic heterocycles. The molecule has 0 N–H and O–H groups in total. The quantitative estimate of drug-likeness (QED) is 0.172. The standard InChI is InChI=1S/C27H46O2/c1-3-4-5-6-7-8-9-10-11-12-13-14-15-16-17-18-27(28)29-24-23-26-21-19-25(2)20-22-26/h19-22H,3-18,23-24H2,1-2H3. The maximum atomic E-state index is 11.8. The lowest BCUT2D eigenvalue weighted by Gasteiger charge is -2.06. The highest BCUT2D eigenvalue weighted by Gasteiger charge is 2.03. The normalized spacial score (nSPS) is 11.0. The second kappa shape index (κ2) is 18.7. The van der Waals surface area contributed by atoms with Gasteiger partial charge < -0.3 is 4.74 Å². The van der Waals surface area contributed by atoms with Crippen LogP contribution in [0.3, 0.4) is 0 Å². The molecule has 0 radical (unpaired) electrons. The SMILES string of the molecule is CCCCCCCCCCCCCCCCCC(=O)OCCc1ccc(C)cc1. The van der Waals surface area contributed by atoms with E-state index in [9.17, 15) is 4.79 Å². The second-order valence-electron chi connectivity index (χ2n) is 8.66. The number of hydrogen-bond donors (Lipinski definition) is 0. The molecule has 0 aliphatic carbocycles. The number of rotatable bonds is 19. The predicted octanol–water partition coefficient (Wildman–Crippen LogP) is 8.34. The Morgan fingerprint density at radius 1 is 0.690 bits per heavy atom. The molecule has 0 aliphatic rings. The van der Waals surface area contributed by atoms with E-state index in [1.54, 1.807) is 0 Å². The molecule has 0 spiro atoms. The van der Waals surface area contributed by atoms with E-state index in [1.807, 2.05) is 0 Å². The van der Waals surface area contributed by atoms with Crippen LogP contribution in [0.4, 0.5) is 0 Å². The van der Waals surface area contributed by atoms with Gasteiger partial charge in [0.2, 0.25) is 0 Å².